The Morgan fingerprint density at radius 2 is 2.00 bits per heavy atom. The predicted molar refractivity (Wildman–Crippen MR) is 83.4 cm³/mol. The van der Waals surface area contributed by atoms with Crippen molar-refractivity contribution >= 4 is 16.3 Å². The molecular formula is C16H17N3S. The van der Waals surface area contributed by atoms with E-state index in [0.717, 1.165) is 30.2 Å². The predicted octanol–water partition coefficient (Wildman–Crippen LogP) is 3.33. The van der Waals surface area contributed by atoms with Gasteiger partial charge in [-0.05, 0) is 13.8 Å². The van der Waals surface area contributed by atoms with E-state index in [4.69, 9.17) is 4.98 Å². The highest BCUT2D eigenvalue weighted by molar-refractivity contribution is 7.17. The van der Waals surface area contributed by atoms with E-state index in [1.165, 1.54) is 27.4 Å². The Morgan fingerprint density at radius 1 is 1.20 bits per heavy atom. The van der Waals surface area contributed by atoms with Crippen molar-refractivity contribution in [3.63, 3.8) is 0 Å². The van der Waals surface area contributed by atoms with Gasteiger partial charge in [0.15, 0.2) is 4.96 Å². The Bertz CT molecular complexity index is 780. The number of thiazole rings is 1. The normalized spacial score (nSPS) is 14.7. The molecule has 0 saturated carbocycles. The molecule has 0 spiro atoms. The fourth-order valence-electron chi connectivity index (χ4n) is 2.94. The van der Waals surface area contributed by atoms with E-state index in [1.807, 2.05) is 11.3 Å². The van der Waals surface area contributed by atoms with Crippen molar-refractivity contribution < 1.29 is 0 Å². The molecule has 3 nitrogen and oxygen atoms in total. The van der Waals surface area contributed by atoms with Gasteiger partial charge in [-0.15, -0.1) is 0 Å². The maximum Gasteiger partial charge on any atom is 0.194 e. The van der Waals surface area contributed by atoms with Crippen LogP contribution in [0.2, 0.25) is 0 Å². The van der Waals surface area contributed by atoms with Crippen LogP contribution in [-0.2, 0) is 13.0 Å². The third-order valence-corrected chi connectivity index (χ3v) is 5.12. The molecule has 0 radical (unpaired) electrons. The molecule has 1 aliphatic rings. The largest absolute Gasteiger partial charge is 0.311 e. The van der Waals surface area contributed by atoms with Crippen LogP contribution in [0.25, 0.3) is 16.2 Å². The van der Waals surface area contributed by atoms with Crippen LogP contribution in [0.4, 0.5) is 0 Å². The van der Waals surface area contributed by atoms with Gasteiger partial charge in [0.05, 0.1) is 5.69 Å². The Hall–Kier alpha value is -1.65. The van der Waals surface area contributed by atoms with E-state index in [1.54, 1.807) is 0 Å². The molecule has 0 amide bonds. The summed E-state index contributed by atoms with van der Waals surface area (Å²) in [4.78, 5) is 7.44. The minimum Gasteiger partial charge on any atom is -0.311 e. The first-order valence-corrected chi connectivity index (χ1v) is 7.83. The van der Waals surface area contributed by atoms with Gasteiger partial charge in [-0.3, -0.25) is 4.40 Å². The molecule has 20 heavy (non-hydrogen) atoms. The number of imidazole rings is 1. The Kier molecular flexibility index (Phi) is 2.69. The highest BCUT2D eigenvalue weighted by Gasteiger charge is 2.20. The molecule has 1 aliphatic heterocycles. The summed E-state index contributed by atoms with van der Waals surface area (Å²) in [5, 5.41) is 3.43. The molecule has 102 valence electrons. The highest BCUT2D eigenvalue weighted by Crippen LogP contribution is 2.32. The van der Waals surface area contributed by atoms with Crippen LogP contribution < -0.4 is 5.32 Å². The number of nitrogens with zero attached hydrogens (tertiary/aromatic N) is 2. The molecular weight excluding hydrogens is 266 g/mol. The average Bonchev–Trinajstić information content (AvgIpc) is 2.97. The zero-order valence-electron chi connectivity index (χ0n) is 11.7. The van der Waals surface area contributed by atoms with Crippen molar-refractivity contribution in [2.75, 3.05) is 6.54 Å². The Labute approximate surface area is 122 Å². The molecule has 1 N–H and O–H groups in total. The van der Waals surface area contributed by atoms with Gasteiger partial charge in [0.2, 0.25) is 0 Å². The second-order valence-electron chi connectivity index (χ2n) is 5.43. The summed E-state index contributed by atoms with van der Waals surface area (Å²) >= 11 is 1.82. The fraction of sp³-hybridized carbons (Fsp3) is 0.312. The van der Waals surface area contributed by atoms with Gasteiger partial charge in [0.25, 0.3) is 0 Å². The summed E-state index contributed by atoms with van der Waals surface area (Å²) in [6, 6.07) is 8.65. The molecule has 0 atom stereocenters. The summed E-state index contributed by atoms with van der Waals surface area (Å²) in [5.41, 5.74) is 6.34. The topological polar surface area (TPSA) is 29.3 Å². The summed E-state index contributed by atoms with van der Waals surface area (Å²) in [6.45, 7) is 6.36. The number of fused-ring (bicyclic) bond motifs is 3. The first-order valence-electron chi connectivity index (χ1n) is 7.01. The lowest BCUT2D eigenvalue weighted by atomic mass is 10.1. The maximum absolute atomic E-state index is 4.87. The van der Waals surface area contributed by atoms with E-state index >= 15 is 0 Å². The summed E-state index contributed by atoms with van der Waals surface area (Å²) in [7, 11) is 0. The number of rotatable bonds is 1. The Morgan fingerprint density at radius 3 is 2.80 bits per heavy atom. The first-order chi connectivity index (χ1) is 9.74. The van der Waals surface area contributed by atoms with E-state index in [-0.39, 0.29) is 0 Å². The number of aryl methyl sites for hydroxylation is 2. The second-order valence-corrected chi connectivity index (χ2v) is 6.49. The summed E-state index contributed by atoms with van der Waals surface area (Å²) in [5.74, 6) is 0. The smallest absolute Gasteiger partial charge is 0.194 e. The van der Waals surface area contributed by atoms with Gasteiger partial charge in [-0.1, -0.05) is 41.2 Å². The van der Waals surface area contributed by atoms with Crippen LogP contribution in [0, 0.1) is 13.8 Å². The number of nitrogens with one attached hydrogen (secondary N) is 1. The van der Waals surface area contributed by atoms with Crippen LogP contribution in [0.3, 0.4) is 0 Å². The SMILES string of the molecule is Cc1ccc(-c2nc3sc4c(n3c2C)CCNC4)cc1. The molecule has 4 heteroatoms. The second kappa shape index (κ2) is 4.43. The first kappa shape index (κ1) is 12.1. The number of hydrogen-bond donors (Lipinski definition) is 1. The van der Waals surface area contributed by atoms with Crippen molar-refractivity contribution in [2.24, 2.45) is 0 Å². The third kappa shape index (κ3) is 1.72. The van der Waals surface area contributed by atoms with Gasteiger partial charge in [0, 0.05) is 41.3 Å². The van der Waals surface area contributed by atoms with Crippen molar-refractivity contribution in [3.8, 4) is 11.3 Å². The van der Waals surface area contributed by atoms with Crippen LogP contribution in [0.5, 0.6) is 0 Å². The van der Waals surface area contributed by atoms with E-state index in [9.17, 15) is 0 Å². The Balaban J connectivity index is 1.91. The van der Waals surface area contributed by atoms with Gasteiger partial charge in [-0.2, -0.15) is 0 Å². The standard InChI is InChI=1S/C16H17N3S/c1-10-3-5-12(6-4-10)15-11(2)19-13-7-8-17-9-14(13)20-16(19)18-15/h3-6,17H,7-9H2,1-2H3. The zero-order chi connectivity index (χ0) is 13.7. The summed E-state index contributed by atoms with van der Waals surface area (Å²) < 4.78 is 2.36. The fourth-order valence-corrected chi connectivity index (χ4v) is 4.12. The summed E-state index contributed by atoms with van der Waals surface area (Å²) in [6.07, 6.45) is 1.10. The maximum atomic E-state index is 4.87. The van der Waals surface area contributed by atoms with Gasteiger partial charge in [-0.25, -0.2) is 4.98 Å². The van der Waals surface area contributed by atoms with Crippen molar-refractivity contribution in [1.29, 1.82) is 0 Å². The minimum atomic E-state index is 0.989. The van der Waals surface area contributed by atoms with Crippen molar-refractivity contribution in [1.82, 2.24) is 14.7 Å². The molecule has 3 aromatic rings. The van der Waals surface area contributed by atoms with Gasteiger partial charge in [0.1, 0.15) is 0 Å². The minimum absolute atomic E-state index is 0.989. The molecule has 0 aliphatic carbocycles. The van der Waals surface area contributed by atoms with E-state index in [0.29, 0.717) is 0 Å². The van der Waals surface area contributed by atoms with E-state index in [2.05, 4.69) is 47.8 Å². The number of aromatic nitrogens is 2. The van der Waals surface area contributed by atoms with E-state index < -0.39 is 0 Å². The highest BCUT2D eigenvalue weighted by atomic mass is 32.1. The van der Waals surface area contributed by atoms with Crippen molar-refractivity contribution in [3.05, 3.63) is 46.1 Å². The molecule has 4 rings (SSSR count). The molecule has 1 aromatic carbocycles. The molecule has 0 bridgehead atoms. The monoisotopic (exact) mass is 283 g/mol. The number of hydrogen-bond acceptors (Lipinski definition) is 3. The zero-order valence-corrected chi connectivity index (χ0v) is 12.5. The quantitative estimate of drug-likeness (QED) is 0.742. The van der Waals surface area contributed by atoms with Crippen LogP contribution >= 0.6 is 11.3 Å². The van der Waals surface area contributed by atoms with Crippen molar-refractivity contribution in [2.45, 2.75) is 26.8 Å². The lowest BCUT2D eigenvalue weighted by Gasteiger charge is -2.13. The van der Waals surface area contributed by atoms with Crippen LogP contribution in [0.1, 0.15) is 21.8 Å². The molecule has 3 heterocycles. The molecule has 0 saturated heterocycles. The van der Waals surface area contributed by atoms with Crippen LogP contribution in [-0.4, -0.2) is 15.9 Å². The van der Waals surface area contributed by atoms with Crippen LogP contribution in [0.15, 0.2) is 24.3 Å². The molecule has 0 fully saturated rings. The third-order valence-electron chi connectivity index (χ3n) is 4.03. The average molecular weight is 283 g/mol. The lowest BCUT2D eigenvalue weighted by Crippen LogP contribution is -2.23. The lowest BCUT2D eigenvalue weighted by molar-refractivity contribution is 0.636. The molecule has 0 unspecified atom stereocenters. The molecule has 2 aromatic heterocycles. The van der Waals surface area contributed by atoms with Gasteiger partial charge >= 0.3 is 0 Å². The van der Waals surface area contributed by atoms with Gasteiger partial charge < -0.3 is 5.32 Å². The number of benzene rings is 1.